The van der Waals surface area contributed by atoms with Gasteiger partial charge in [0.1, 0.15) is 0 Å². The van der Waals surface area contributed by atoms with Crippen LogP contribution in [0.5, 0.6) is 11.5 Å². The van der Waals surface area contributed by atoms with Crippen LogP contribution in [0.3, 0.4) is 0 Å². The molecule has 140 valence electrons. The third-order valence-corrected chi connectivity index (χ3v) is 5.38. The molecule has 0 radical (unpaired) electrons. The Morgan fingerprint density at radius 2 is 1.89 bits per heavy atom. The van der Waals surface area contributed by atoms with Crippen molar-refractivity contribution in [2.45, 2.75) is 19.4 Å². The van der Waals surface area contributed by atoms with Crippen molar-refractivity contribution >= 4 is 28.4 Å². The fraction of sp³-hybridized carbons (Fsp3) is 0.286. The molecule has 1 aliphatic heterocycles. The summed E-state index contributed by atoms with van der Waals surface area (Å²) in [5, 5.41) is 1.72. The molecule has 4 rings (SSSR count). The summed E-state index contributed by atoms with van der Waals surface area (Å²) in [6.45, 7) is 1.29. The number of hydrogen-bond acceptors (Lipinski definition) is 3. The smallest absolute Gasteiger partial charge is 0.227 e. The predicted molar refractivity (Wildman–Crippen MR) is 106 cm³/mol. The van der Waals surface area contributed by atoms with Gasteiger partial charge in [-0.25, -0.2) is 0 Å². The first-order valence-electron chi connectivity index (χ1n) is 8.86. The van der Waals surface area contributed by atoms with Crippen molar-refractivity contribution in [1.29, 1.82) is 0 Å². The van der Waals surface area contributed by atoms with E-state index in [4.69, 9.17) is 21.1 Å². The zero-order chi connectivity index (χ0) is 19.0. The van der Waals surface area contributed by atoms with Crippen molar-refractivity contribution in [1.82, 2.24) is 9.88 Å². The van der Waals surface area contributed by atoms with Gasteiger partial charge in [0.15, 0.2) is 11.5 Å². The van der Waals surface area contributed by atoms with Gasteiger partial charge in [0.05, 0.1) is 20.6 Å². The third-order valence-electron chi connectivity index (χ3n) is 5.14. The third kappa shape index (κ3) is 3.35. The Labute approximate surface area is 162 Å². The zero-order valence-corrected chi connectivity index (χ0v) is 16.1. The van der Waals surface area contributed by atoms with Gasteiger partial charge in [-0.1, -0.05) is 17.7 Å². The number of aromatic amines is 1. The largest absolute Gasteiger partial charge is 0.493 e. The zero-order valence-electron chi connectivity index (χ0n) is 15.3. The fourth-order valence-corrected chi connectivity index (χ4v) is 3.85. The van der Waals surface area contributed by atoms with Crippen molar-refractivity contribution in [3.8, 4) is 11.5 Å². The number of benzene rings is 2. The number of H-pyrrole nitrogens is 1. The van der Waals surface area contributed by atoms with Crippen molar-refractivity contribution in [2.24, 2.45) is 0 Å². The number of fused-ring (bicyclic) bond motifs is 2. The van der Waals surface area contributed by atoms with E-state index in [-0.39, 0.29) is 5.91 Å². The van der Waals surface area contributed by atoms with Crippen LogP contribution in [-0.4, -0.2) is 36.6 Å². The standard InChI is InChI=1S/C21H21ClN2O3/c1-26-19-7-13-5-6-24(12-15(13)8-20(19)27-2)21(25)9-14-11-23-18-10-16(22)3-4-17(14)18/h3-4,7-8,10-11,23H,5-6,9,12H2,1-2H3. The molecular weight excluding hydrogens is 364 g/mol. The van der Waals surface area contributed by atoms with E-state index in [2.05, 4.69) is 4.98 Å². The Kier molecular flexibility index (Phi) is 4.70. The second kappa shape index (κ2) is 7.16. The lowest BCUT2D eigenvalue weighted by Crippen LogP contribution is -2.36. The molecular formula is C21H21ClN2O3. The Balaban J connectivity index is 1.53. The number of hydrogen-bond donors (Lipinski definition) is 1. The molecule has 6 heteroatoms. The first kappa shape index (κ1) is 17.7. The molecule has 1 aromatic heterocycles. The minimum absolute atomic E-state index is 0.117. The van der Waals surface area contributed by atoms with Crippen molar-refractivity contribution in [2.75, 3.05) is 20.8 Å². The van der Waals surface area contributed by atoms with E-state index in [1.807, 2.05) is 41.4 Å². The van der Waals surface area contributed by atoms with Crippen LogP contribution in [0.1, 0.15) is 16.7 Å². The minimum atomic E-state index is 0.117. The molecule has 3 aromatic rings. The maximum atomic E-state index is 12.9. The average Bonchev–Trinajstić information content (AvgIpc) is 3.07. The number of methoxy groups -OCH3 is 2. The number of amides is 1. The summed E-state index contributed by atoms with van der Waals surface area (Å²) in [7, 11) is 3.26. The highest BCUT2D eigenvalue weighted by Gasteiger charge is 2.23. The Morgan fingerprint density at radius 1 is 1.15 bits per heavy atom. The van der Waals surface area contributed by atoms with Crippen LogP contribution in [-0.2, 0) is 24.2 Å². The van der Waals surface area contributed by atoms with E-state index in [0.717, 1.165) is 34.2 Å². The van der Waals surface area contributed by atoms with E-state index in [0.29, 0.717) is 30.3 Å². The van der Waals surface area contributed by atoms with Gasteiger partial charge in [-0.05, 0) is 47.4 Å². The summed E-state index contributed by atoms with van der Waals surface area (Å²) < 4.78 is 10.8. The van der Waals surface area contributed by atoms with Gasteiger partial charge < -0.3 is 19.4 Å². The molecule has 1 amide bonds. The molecule has 0 fully saturated rings. The van der Waals surface area contributed by atoms with Gasteiger partial charge in [-0.3, -0.25) is 4.79 Å². The maximum Gasteiger partial charge on any atom is 0.227 e. The number of aromatic nitrogens is 1. The van der Waals surface area contributed by atoms with Crippen molar-refractivity contribution in [3.05, 3.63) is 58.2 Å². The Bertz CT molecular complexity index is 1010. The van der Waals surface area contributed by atoms with Crippen LogP contribution in [0.15, 0.2) is 36.5 Å². The van der Waals surface area contributed by atoms with Crippen LogP contribution in [0, 0.1) is 0 Å². The summed E-state index contributed by atoms with van der Waals surface area (Å²) >= 11 is 6.04. The lowest BCUT2D eigenvalue weighted by molar-refractivity contribution is -0.131. The molecule has 0 bridgehead atoms. The van der Waals surface area contributed by atoms with E-state index < -0.39 is 0 Å². The molecule has 2 aromatic carbocycles. The van der Waals surface area contributed by atoms with Crippen LogP contribution >= 0.6 is 11.6 Å². The molecule has 1 aliphatic rings. The van der Waals surface area contributed by atoms with Gasteiger partial charge >= 0.3 is 0 Å². The molecule has 0 aliphatic carbocycles. The average molecular weight is 385 g/mol. The van der Waals surface area contributed by atoms with E-state index >= 15 is 0 Å². The first-order chi connectivity index (χ1) is 13.1. The van der Waals surface area contributed by atoms with Crippen LogP contribution in [0.2, 0.25) is 5.02 Å². The summed E-state index contributed by atoms with van der Waals surface area (Å²) in [4.78, 5) is 18.0. The van der Waals surface area contributed by atoms with Gasteiger partial charge in [0.25, 0.3) is 0 Å². The molecule has 0 saturated carbocycles. The number of rotatable bonds is 4. The number of nitrogens with zero attached hydrogens (tertiary/aromatic N) is 1. The quantitative estimate of drug-likeness (QED) is 0.740. The highest BCUT2D eigenvalue weighted by molar-refractivity contribution is 6.31. The number of halogens is 1. The number of nitrogens with one attached hydrogen (secondary N) is 1. The second-order valence-corrected chi connectivity index (χ2v) is 7.16. The normalized spacial score (nSPS) is 13.5. The number of ether oxygens (including phenoxy) is 2. The monoisotopic (exact) mass is 384 g/mol. The summed E-state index contributed by atoms with van der Waals surface area (Å²) in [6, 6.07) is 9.67. The fourth-order valence-electron chi connectivity index (χ4n) is 3.68. The molecule has 0 unspecified atom stereocenters. The van der Waals surface area contributed by atoms with Crippen LogP contribution in [0.4, 0.5) is 0 Å². The summed E-state index contributed by atoms with van der Waals surface area (Å²) in [5.74, 6) is 1.54. The van der Waals surface area contributed by atoms with Gasteiger partial charge in [0.2, 0.25) is 5.91 Å². The molecule has 0 spiro atoms. The van der Waals surface area contributed by atoms with E-state index in [1.165, 1.54) is 5.56 Å². The maximum absolute atomic E-state index is 12.9. The molecule has 0 atom stereocenters. The molecule has 0 saturated heterocycles. The number of carbonyl (C=O) groups excluding carboxylic acids is 1. The summed E-state index contributed by atoms with van der Waals surface area (Å²) in [5.41, 5.74) is 4.26. The highest BCUT2D eigenvalue weighted by Crippen LogP contribution is 2.33. The Morgan fingerprint density at radius 3 is 2.63 bits per heavy atom. The second-order valence-electron chi connectivity index (χ2n) is 6.72. The molecule has 27 heavy (non-hydrogen) atoms. The van der Waals surface area contributed by atoms with Crippen LogP contribution < -0.4 is 9.47 Å². The first-order valence-corrected chi connectivity index (χ1v) is 9.24. The number of carbonyl (C=O) groups is 1. The molecule has 1 N–H and O–H groups in total. The lowest BCUT2D eigenvalue weighted by Gasteiger charge is -2.29. The lowest BCUT2D eigenvalue weighted by atomic mass is 9.98. The van der Waals surface area contributed by atoms with Crippen molar-refractivity contribution < 1.29 is 14.3 Å². The van der Waals surface area contributed by atoms with Gasteiger partial charge in [-0.15, -0.1) is 0 Å². The topological polar surface area (TPSA) is 54.6 Å². The Hall–Kier alpha value is -2.66. The predicted octanol–water partition coefficient (Wildman–Crippen LogP) is 3.97. The van der Waals surface area contributed by atoms with Gasteiger partial charge in [0, 0.05) is 35.2 Å². The minimum Gasteiger partial charge on any atom is -0.493 e. The van der Waals surface area contributed by atoms with Crippen molar-refractivity contribution in [3.63, 3.8) is 0 Å². The molecule has 2 heterocycles. The van der Waals surface area contributed by atoms with E-state index in [9.17, 15) is 4.79 Å². The van der Waals surface area contributed by atoms with Crippen LogP contribution in [0.25, 0.3) is 10.9 Å². The molecule has 5 nitrogen and oxygen atoms in total. The SMILES string of the molecule is COc1cc2c(cc1OC)CN(C(=O)Cc1c[nH]c3cc(Cl)ccc13)CC2. The summed E-state index contributed by atoms with van der Waals surface area (Å²) in [6.07, 6.45) is 3.07. The highest BCUT2D eigenvalue weighted by atomic mass is 35.5. The van der Waals surface area contributed by atoms with Gasteiger partial charge in [-0.2, -0.15) is 0 Å². The van der Waals surface area contributed by atoms with E-state index in [1.54, 1.807) is 14.2 Å².